The first-order chi connectivity index (χ1) is 9.49. The van der Waals surface area contributed by atoms with Crippen molar-refractivity contribution in [3.05, 3.63) is 67.9 Å². The van der Waals surface area contributed by atoms with Crippen molar-refractivity contribution in [1.29, 1.82) is 0 Å². The lowest BCUT2D eigenvalue weighted by atomic mass is 9.99. The molecule has 0 bridgehead atoms. The maximum atomic E-state index is 13.3. The van der Waals surface area contributed by atoms with Gasteiger partial charge in [0.05, 0.1) is 6.04 Å². The van der Waals surface area contributed by atoms with Crippen molar-refractivity contribution in [2.24, 2.45) is 5.84 Å². The van der Waals surface area contributed by atoms with Crippen LogP contribution in [0.2, 0.25) is 10.0 Å². The summed E-state index contributed by atoms with van der Waals surface area (Å²) in [7, 11) is 0. The summed E-state index contributed by atoms with van der Waals surface area (Å²) in [6, 6.07) is 9.54. The molecule has 6 heteroatoms. The summed E-state index contributed by atoms with van der Waals surface area (Å²) >= 11 is 15.4. The standard InChI is InChI=1S/C14H12BrCl2FN2/c15-13-2-1-12(18)5-8(13)6-14(20-19)9-3-10(16)7-11(17)4-9/h1-5,7,14,20H,6,19H2. The monoisotopic (exact) mass is 376 g/mol. The van der Waals surface area contributed by atoms with E-state index in [1.165, 1.54) is 12.1 Å². The van der Waals surface area contributed by atoms with Crippen LogP contribution in [0.15, 0.2) is 40.9 Å². The molecule has 0 saturated carbocycles. The molecule has 0 heterocycles. The molecule has 0 radical (unpaired) electrons. The van der Waals surface area contributed by atoms with Gasteiger partial charge in [-0.2, -0.15) is 0 Å². The second-order valence-corrected chi connectivity index (χ2v) is 6.09. The van der Waals surface area contributed by atoms with E-state index < -0.39 is 0 Å². The van der Waals surface area contributed by atoms with Crippen LogP contribution in [-0.4, -0.2) is 0 Å². The van der Waals surface area contributed by atoms with Gasteiger partial charge in [-0.1, -0.05) is 39.1 Å². The quantitative estimate of drug-likeness (QED) is 0.601. The summed E-state index contributed by atoms with van der Waals surface area (Å²) in [6.45, 7) is 0. The number of hydrazine groups is 1. The zero-order valence-electron chi connectivity index (χ0n) is 10.3. The van der Waals surface area contributed by atoms with E-state index >= 15 is 0 Å². The van der Waals surface area contributed by atoms with Crippen molar-refractivity contribution in [3.63, 3.8) is 0 Å². The Morgan fingerprint density at radius 1 is 1.15 bits per heavy atom. The summed E-state index contributed by atoms with van der Waals surface area (Å²) in [5, 5.41) is 1.07. The van der Waals surface area contributed by atoms with Crippen molar-refractivity contribution in [1.82, 2.24) is 5.43 Å². The molecule has 0 saturated heterocycles. The zero-order chi connectivity index (χ0) is 14.7. The highest BCUT2D eigenvalue weighted by Gasteiger charge is 2.14. The molecule has 0 aliphatic rings. The Labute approximate surface area is 135 Å². The average molecular weight is 378 g/mol. The van der Waals surface area contributed by atoms with Gasteiger partial charge in [-0.3, -0.25) is 11.3 Å². The van der Waals surface area contributed by atoms with E-state index in [4.69, 9.17) is 29.0 Å². The minimum Gasteiger partial charge on any atom is -0.271 e. The molecule has 1 atom stereocenters. The van der Waals surface area contributed by atoms with Crippen molar-refractivity contribution < 1.29 is 4.39 Å². The van der Waals surface area contributed by atoms with Gasteiger partial charge in [-0.25, -0.2) is 4.39 Å². The van der Waals surface area contributed by atoms with E-state index in [-0.39, 0.29) is 11.9 Å². The van der Waals surface area contributed by atoms with Crippen LogP contribution >= 0.6 is 39.1 Å². The molecule has 0 amide bonds. The normalized spacial score (nSPS) is 12.4. The van der Waals surface area contributed by atoms with Gasteiger partial charge in [0.1, 0.15) is 5.82 Å². The van der Waals surface area contributed by atoms with Crippen molar-refractivity contribution in [3.8, 4) is 0 Å². The van der Waals surface area contributed by atoms with Crippen LogP contribution in [0.1, 0.15) is 17.2 Å². The molecule has 0 spiro atoms. The number of nitrogens with two attached hydrogens (primary N) is 1. The van der Waals surface area contributed by atoms with Crippen LogP contribution in [0.3, 0.4) is 0 Å². The summed E-state index contributed by atoms with van der Waals surface area (Å²) < 4.78 is 14.1. The molecule has 0 fully saturated rings. The highest BCUT2D eigenvalue weighted by Crippen LogP contribution is 2.28. The number of benzene rings is 2. The fourth-order valence-electron chi connectivity index (χ4n) is 1.97. The van der Waals surface area contributed by atoms with Gasteiger partial charge >= 0.3 is 0 Å². The van der Waals surface area contributed by atoms with Crippen LogP contribution < -0.4 is 11.3 Å². The molecule has 0 aliphatic carbocycles. The maximum Gasteiger partial charge on any atom is 0.123 e. The molecule has 2 aromatic rings. The lowest BCUT2D eigenvalue weighted by molar-refractivity contribution is 0.547. The molecule has 3 N–H and O–H groups in total. The van der Waals surface area contributed by atoms with Crippen LogP contribution in [0.25, 0.3) is 0 Å². The second kappa shape index (κ2) is 6.87. The first-order valence-electron chi connectivity index (χ1n) is 5.85. The van der Waals surface area contributed by atoms with Crippen LogP contribution in [0, 0.1) is 5.82 Å². The van der Waals surface area contributed by atoms with Gasteiger partial charge in [0.25, 0.3) is 0 Å². The first-order valence-corrected chi connectivity index (χ1v) is 7.40. The Kier molecular flexibility index (Phi) is 5.41. The molecule has 0 aliphatic heterocycles. The Morgan fingerprint density at radius 2 is 1.80 bits per heavy atom. The SMILES string of the molecule is NNC(Cc1cc(F)ccc1Br)c1cc(Cl)cc(Cl)c1. The van der Waals surface area contributed by atoms with Crippen molar-refractivity contribution in [2.45, 2.75) is 12.5 Å². The van der Waals surface area contributed by atoms with Gasteiger partial charge in [0.2, 0.25) is 0 Å². The topological polar surface area (TPSA) is 38.0 Å². The van der Waals surface area contributed by atoms with Crippen LogP contribution in [-0.2, 0) is 6.42 Å². The number of rotatable bonds is 4. The highest BCUT2D eigenvalue weighted by atomic mass is 79.9. The van der Waals surface area contributed by atoms with Crippen LogP contribution in [0.4, 0.5) is 4.39 Å². The molecule has 20 heavy (non-hydrogen) atoms. The Bertz CT molecular complexity index is 602. The Morgan fingerprint density at radius 3 is 2.40 bits per heavy atom. The molecule has 1 unspecified atom stereocenters. The maximum absolute atomic E-state index is 13.3. The third kappa shape index (κ3) is 3.93. The molecule has 0 aromatic heterocycles. The van der Waals surface area contributed by atoms with Gasteiger partial charge < -0.3 is 0 Å². The summed E-state index contributed by atoms with van der Waals surface area (Å²) in [4.78, 5) is 0. The predicted molar refractivity (Wildman–Crippen MR) is 84.3 cm³/mol. The third-order valence-corrected chi connectivity index (χ3v) is 4.13. The third-order valence-electron chi connectivity index (χ3n) is 2.92. The lowest BCUT2D eigenvalue weighted by Crippen LogP contribution is -2.29. The predicted octanol–water partition coefficient (Wildman–Crippen LogP) is 4.64. The smallest absolute Gasteiger partial charge is 0.123 e. The minimum absolute atomic E-state index is 0.218. The number of nitrogens with one attached hydrogen (secondary N) is 1. The number of hydrogen-bond acceptors (Lipinski definition) is 2. The number of hydrogen-bond donors (Lipinski definition) is 2. The van der Waals surface area contributed by atoms with E-state index in [1.807, 2.05) is 0 Å². The largest absolute Gasteiger partial charge is 0.271 e. The minimum atomic E-state index is -0.289. The van der Waals surface area contributed by atoms with Gasteiger partial charge in [-0.15, -0.1) is 0 Å². The van der Waals surface area contributed by atoms with E-state index in [0.717, 1.165) is 15.6 Å². The van der Waals surface area contributed by atoms with E-state index in [1.54, 1.807) is 24.3 Å². The fourth-order valence-corrected chi connectivity index (χ4v) is 2.92. The van der Waals surface area contributed by atoms with E-state index in [0.29, 0.717) is 16.5 Å². The van der Waals surface area contributed by atoms with Crippen LogP contribution in [0.5, 0.6) is 0 Å². The van der Waals surface area contributed by atoms with E-state index in [9.17, 15) is 4.39 Å². The Balaban J connectivity index is 2.30. The summed E-state index contributed by atoms with van der Waals surface area (Å²) in [6.07, 6.45) is 0.505. The second-order valence-electron chi connectivity index (χ2n) is 4.36. The lowest BCUT2D eigenvalue weighted by Gasteiger charge is -2.18. The van der Waals surface area contributed by atoms with Gasteiger partial charge in [-0.05, 0) is 53.9 Å². The van der Waals surface area contributed by atoms with Gasteiger partial charge in [0.15, 0.2) is 0 Å². The molecular formula is C14H12BrCl2FN2. The summed E-state index contributed by atoms with van der Waals surface area (Å²) in [5.41, 5.74) is 4.36. The first kappa shape index (κ1) is 15.7. The molecule has 2 nitrogen and oxygen atoms in total. The van der Waals surface area contributed by atoms with E-state index in [2.05, 4.69) is 21.4 Å². The van der Waals surface area contributed by atoms with Gasteiger partial charge in [0, 0.05) is 14.5 Å². The van der Waals surface area contributed by atoms with Crippen molar-refractivity contribution in [2.75, 3.05) is 0 Å². The summed E-state index contributed by atoms with van der Waals surface area (Å²) in [5.74, 6) is 5.31. The molecule has 106 valence electrons. The zero-order valence-corrected chi connectivity index (χ0v) is 13.4. The fraction of sp³-hybridized carbons (Fsp3) is 0.143. The highest BCUT2D eigenvalue weighted by molar-refractivity contribution is 9.10. The Hall–Kier alpha value is -0.650. The molecule has 2 aromatic carbocycles. The number of halogens is 4. The average Bonchev–Trinajstić information content (AvgIpc) is 2.38. The molecule has 2 rings (SSSR count). The molecular weight excluding hydrogens is 366 g/mol. The van der Waals surface area contributed by atoms with Crippen molar-refractivity contribution >= 4 is 39.1 Å².